The third kappa shape index (κ3) is 2.97. The number of methoxy groups -OCH3 is 1. The molecule has 1 aliphatic heterocycles. The van der Waals surface area contributed by atoms with E-state index in [9.17, 15) is 4.79 Å². The molecule has 0 N–H and O–H groups in total. The van der Waals surface area contributed by atoms with Gasteiger partial charge in [0.25, 0.3) is 5.91 Å². The van der Waals surface area contributed by atoms with Crippen LogP contribution in [0.2, 0.25) is 0 Å². The number of hydrogen-bond acceptors (Lipinski definition) is 3. The highest BCUT2D eigenvalue weighted by Gasteiger charge is 2.32. The molecule has 142 valence electrons. The first-order valence-corrected chi connectivity index (χ1v) is 9.89. The van der Waals surface area contributed by atoms with E-state index in [4.69, 9.17) is 9.84 Å². The van der Waals surface area contributed by atoms with Gasteiger partial charge in [0.2, 0.25) is 0 Å². The molecule has 1 amide bonds. The highest BCUT2D eigenvalue weighted by atomic mass is 16.5. The van der Waals surface area contributed by atoms with Crippen molar-refractivity contribution in [1.29, 1.82) is 0 Å². The molecule has 2 heterocycles. The molecule has 28 heavy (non-hydrogen) atoms. The number of aryl methyl sites for hydroxylation is 1. The molecule has 0 spiro atoms. The summed E-state index contributed by atoms with van der Waals surface area (Å²) in [5.41, 5.74) is 4.72. The number of amides is 1. The first kappa shape index (κ1) is 17.0. The van der Waals surface area contributed by atoms with Gasteiger partial charge in [-0.05, 0) is 67.6 Å². The summed E-state index contributed by atoms with van der Waals surface area (Å²) in [6, 6.07) is 17.9. The lowest BCUT2D eigenvalue weighted by molar-refractivity contribution is 0.0977. The maximum absolute atomic E-state index is 13.6. The highest BCUT2D eigenvalue weighted by Crippen LogP contribution is 2.40. The van der Waals surface area contributed by atoms with Crippen LogP contribution in [0.5, 0.6) is 5.75 Å². The first-order chi connectivity index (χ1) is 13.7. The molecule has 0 radical (unpaired) electrons. The molecule has 3 aromatic rings. The Morgan fingerprint density at radius 2 is 1.93 bits per heavy atom. The van der Waals surface area contributed by atoms with Gasteiger partial charge < -0.3 is 9.64 Å². The van der Waals surface area contributed by atoms with Crippen LogP contribution >= 0.6 is 0 Å². The molecular weight excluding hydrogens is 350 g/mol. The molecule has 0 unspecified atom stereocenters. The Morgan fingerprint density at radius 3 is 2.68 bits per heavy atom. The molecular formula is C23H23N3O2. The fraction of sp³-hybridized carbons (Fsp3) is 0.304. The number of ether oxygens (including phenoxy) is 1. The number of carbonyl (C=O) groups excluding carboxylic acids is 1. The predicted octanol–water partition coefficient (Wildman–Crippen LogP) is 4.35. The number of benzene rings is 2. The summed E-state index contributed by atoms with van der Waals surface area (Å²) >= 11 is 0. The lowest BCUT2D eigenvalue weighted by Crippen LogP contribution is -2.36. The van der Waals surface area contributed by atoms with Gasteiger partial charge in [0.1, 0.15) is 11.4 Å². The number of aromatic nitrogens is 2. The van der Waals surface area contributed by atoms with Crippen molar-refractivity contribution in [3.63, 3.8) is 0 Å². The van der Waals surface area contributed by atoms with E-state index in [-0.39, 0.29) is 5.91 Å². The van der Waals surface area contributed by atoms with Crippen molar-refractivity contribution in [3.8, 4) is 11.4 Å². The Labute approximate surface area is 164 Å². The summed E-state index contributed by atoms with van der Waals surface area (Å²) in [7, 11) is 1.67. The minimum absolute atomic E-state index is 0.00868. The second-order valence-corrected chi connectivity index (χ2v) is 7.53. The van der Waals surface area contributed by atoms with E-state index in [2.05, 4.69) is 0 Å². The van der Waals surface area contributed by atoms with Gasteiger partial charge in [0, 0.05) is 18.2 Å². The van der Waals surface area contributed by atoms with Crippen molar-refractivity contribution >= 4 is 11.6 Å². The minimum Gasteiger partial charge on any atom is -0.497 e. The monoisotopic (exact) mass is 373 g/mol. The Kier molecular flexibility index (Phi) is 4.15. The maximum atomic E-state index is 13.6. The van der Waals surface area contributed by atoms with E-state index >= 15 is 0 Å². The lowest BCUT2D eigenvalue weighted by Gasteiger charge is -2.29. The van der Waals surface area contributed by atoms with Gasteiger partial charge in [-0.15, -0.1) is 0 Å². The van der Waals surface area contributed by atoms with E-state index in [0.717, 1.165) is 60.6 Å². The molecule has 1 aromatic heterocycles. The number of nitrogens with zero attached hydrogens (tertiary/aromatic N) is 3. The van der Waals surface area contributed by atoms with Gasteiger partial charge in [-0.3, -0.25) is 4.79 Å². The van der Waals surface area contributed by atoms with Crippen LogP contribution in [0.3, 0.4) is 0 Å². The minimum atomic E-state index is 0.00868. The molecule has 1 aliphatic carbocycles. The summed E-state index contributed by atoms with van der Waals surface area (Å²) in [5, 5.41) is 4.79. The summed E-state index contributed by atoms with van der Waals surface area (Å²) in [6.45, 7) is 0.719. The van der Waals surface area contributed by atoms with Gasteiger partial charge in [-0.25, -0.2) is 4.68 Å². The summed E-state index contributed by atoms with van der Waals surface area (Å²) < 4.78 is 7.17. The van der Waals surface area contributed by atoms with E-state index in [1.54, 1.807) is 7.11 Å². The number of anilines is 1. The van der Waals surface area contributed by atoms with Gasteiger partial charge in [0.05, 0.1) is 18.5 Å². The van der Waals surface area contributed by atoms with E-state index in [0.29, 0.717) is 11.6 Å². The molecule has 0 saturated heterocycles. The summed E-state index contributed by atoms with van der Waals surface area (Å²) in [6.07, 6.45) is 4.22. The average molecular weight is 373 g/mol. The van der Waals surface area contributed by atoms with Crippen molar-refractivity contribution in [2.45, 2.75) is 31.6 Å². The number of fused-ring (bicyclic) bond motifs is 1. The van der Waals surface area contributed by atoms with Crippen molar-refractivity contribution in [2.24, 2.45) is 0 Å². The number of rotatable bonds is 4. The highest BCUT2D eigenvalue weighted by molar-refractivity contribution is 6.06. The normalized spacial score (nSPS) is 16.0. The average Bonchev–Trinajstić information content (AvgIpc) is 3.51. The number of carbonyl (C=O) groups is 1. The van der Waals surface area contributed by atoms with E-state index < -0.39 is 0 Å². The number of para-hydroxylation sites is 1. The Balaban J connectivity index is 1.56. The zero-order valence-corrected chi connectivity index (χ0v) is 16.0. The quantitative estimate of drug-likeness (QED) is 0.683. The molecule has 5 nitrogen and oxygen atoms in total. The molecule has 2 aliphatic rings. The largest absolute Gasteiger partial charge is 0.497 e. The summed E-state index contributed by atoms with van der Waals surface area (Å²) in [5.74, 6) is 1.34. The van der Waals surface area contributed by atoms with Gasteiger partial charge >= 0.3 is 0 Å². The number of hydrogen-bond donors (Lipinski definition) is 0. The van der Waals surface area contributed by atoms with Gasteiger partial charge in [-0.2, -0.15) is 5.10 Å². The van der Waals surface area contributed by atoms with Crippen LogP contribution in [0.4, 0.5) is 5.69 Å². The molecule has 5 heteroatoms. The summed E-state index contributed by atoms with van der Waals surface area (Å²) in [4.78, 5) is 15.5. The van der Waals surface area contributed by atoms with E-state index in [1.807, 2.05) is 64.2 Å². The molecule has 2 aromatic carbocycles. The fourth-order valence-electron chi connectivity index (χ4n) is 3.95. The van der Waals surface area contributed by atoms with Crippen LogP contribution in [0.25, 0.3) is 5.69 Å². The topological polar surface area (TPSA) is 47.4 Å². The molecule has 0 atom stereocenters. The molecule has 5 rings (SSSR count). The molecule has 0 bridgehead atoms. The second-order valence-electron chi connectivity index (χ2n) is 7.53. The van der Waals surface area contributed by atoms with Crippen LogP contribution in [0, 0.1) is 0 Å². The SMILES string of the molecule is COc1ccc2c(c1)CCCN2C(=O)c1cc(C2CC2)nn1-c1ccccc1. The lowest BCUT2D eigenvalue weighted by atomic mass is 10.0. The third-order valence-corrected chi connectivity index (χ3v) is 5.59. The first-order valence-electron chi connectivity index (χ1n) is 9.89. The van der Waals surface area contributed by atoms with Crippen molar-refractivity contribution < 1.29 is 9.53 Å². The fourth-order valence-corrected chi connectivity index (χ4v) is 3.95. The maximum Gasteiger partial charge on any atom is 0.277 e. The zero-order valence-electron chi connectivity index (χ0n) is 16.0. The zero-order chi connectivity index (χ0) is 19.1. The van der Waals surface area contributed by atoms with Crippen LogP contribution in [0.15, 0.2) is 54.6 Å². The predicted molar refractivity (Wildman–Crippen MR) is 109 cm³/mol. The Morgan fingerprint density at radius 1 is 1.11 bits per heavy atom. The second kappa shape index (κ2) is 6.82. The third-order valence-electron chi connectivity index (χ3n) is 5.59. The van der Waals surface area contributed by atoms with Crippen molar-refractivity contribution in [1.82, 2.24) is 9.78 Å². The molecule has 1 saturated carbocycles. The van der Waals surface area contributed by atoms with Gasteiger partial charge in [-0.1, -0.05) is 18.2 Å². The van der Waals surface area contributed by atoms with Crippen LogP contribution in [-0.2, 0) is 6.42 Å². The van der Waals surface area contributed by atoms with Crippen LogP contribution in [-0.4, -0.2) is 29.3 Å². The molecule has 1 fully saturated rings. The van der Waals surface area contributed by atoms with Crippen molar-refractivity contribution in [2.75, 3.05) is 18.6 Å². The van der Waals surface area contributed by atoms with Crippen LogP contribution < -0.4 is 9.64 Å². The van der Waals surface area contributed by atoms with Crippen molar-refractivity contribution in [3.05, 3.63) is 71.5 Å². The smallest absolute Gasteiger partial charge is 0.277 e. The Bertz CT molecular complexity index is 1020. The Hall–Kier alpha value is -3.08. The van der Waals surface area contributed by atoms with E-state index in [1.165, 1.54) is 0 Å². The standard InChI is InChI=1S/C23H23N3O2/c1-28-19-11-12-21-17(14-19)6-5-13-25(21)23(27)22-15-20(16-9-10-16)24-26(22)18-7-3-2-4-8-18/h2-4,7-8,11-12,14-16H,5-6,9-10,13H2,1H3. The van der Waals surface area contributed by atoms with Crippen LogP contribution in [0.1, 0.15) is 46.9 Å². The van der Waals surface area contributed by atoms with Gasteiger partial charge in [0.15, 0.2) is 0 Å².